The SMILES string of the molecule is CCn1c(=O)c2c(nc(C(F)=Cc3ccccc3)n2C)n(CC)c1=O. The van der Waals surface area contributed by atoms with Crippen LogP contribution in [0.5, 0.6) is 0 Å². The van der Waals surface area contributed by atoms with Crippen molar-refractivity contribution >= 4 is 23.1 Å². The van der Waals surface area contributed by atoms with Crippen LogP contribution in [0.15, 0.2) is 39.9 Å². The zero-order valence-electron chi connectivity index (χ0n) is 14.4. The largest absolute Gasteiger partial charge is 0.332 e. The Balaban J connectivity index is 2.31. The monoisotopic (exact) mass is 342 g/mol. The lowest BCUT2D eigenvalue weighted by molar-refractivity contribution is 0.604. The van der Waals surface area contributed by atoms with Crippen molar-refractivity contribution in [3.05, 3.63) is 62.6 Å². The van der Waals surface area contributed by atoms with E-state index in [2.05, 4.69) is 4.98 Å². The zero-order valence-corrected chi connectivity index (χ0v) is 14.4. The Morgan fingerprint density at radius 1 is 1.12 bits per heavy atom. The van der Waals surface area contributed by atoms with Crippen LogP contribution in [0.4, 0.5) is 4.39 Å². The second-order valence-corrected chi connectivity index (χ2v) is 5.65. The summed E-state index contributed by atoms with van der Waals surface area (Å²) in [5.74, 6) is -0.547. The van der Waals surface area contributed by atoms with E-state index >= 15 is 0 Å². The maximum atomic E-state index is 14.8. The number of hydrogen-bond donors (Lipinski definition) is 0. The summed E-state index contributed by atoms with van der Waals surface area (Å²) in [6, 6.07) is 9.01. The topological polar surface area (TPSA) is 61.8 Å². The Kier molecular flexibility index (Phi) is 4.39. The molecule has 25 heavy (non-hydrogen) atoms. The maximum Gasteiger partial charge on any atom is 0.332 e. The molecule has 0 aliphatic rings. The van der Waals surface area contributed by atoms with E-state index < -0.39 is 17.1 Å². The second kappa shape index (κ2) is 6.51. The number of hydrogen-bond acceptors (Lipinski definition) is 3. The molecule has 0 saturated carbocycles. The molecule has 0 aliphatic carbocycles. The van der Waals surface area contributed by atoms with Crippen LogP contribution in [-0.2, 0) is 20.1 Å². The molecule has 1 aromatic carbocycles. The molecule has 0 spiro atoms. The van der Waals surface area contributed by atoms with Crippen molar-refractivity contribution in [2.45, 2.75) is 26.9 Å². The number of imidazole rings is 1. The molecule has 3 aromatic rings. The summed E-state index contributed by atoms with van der Waals surface area (Å²) in [6.07, 6.45) is 1.36. The highest BCUT2D eigenvalue weighted by Crippen LogP contribution is 2.21. The molecule has 2 aromatic heterocycles. The van der Waals surface area contributed by atoms with Crippen LogP contribution < -0.4 is 11.2 Å². The molecule has 0 fully saturated rings. The van der Waals surface area contributed by atoms with Gasteiger partial charge < -0.3 is 4.57 Å². The third-order valence-corrected chi connectivity index (χ3v) is 4.18. The van der Waals surface area contributed by atoms with Gasteiger partial charge in [0.05, 0.1) is 0 Å². The number of nitrogens with zero attached hydrogens (tertiary/aromatic N) is 4. The van der Waals surface area contributed by atoms with Gasteiger partial charge in [-0.05, 0) is 25.5 Å². The van der Waals surface area contributed by atoms with Crippen molar-refractivity contribution in [1.82, 2.24) is 18.7 Å². The lowest BCUT2D eigenvalue weighted by atomic mass is 10.2. The Morgan fingerprint density at radius 3 is 2.36 bits per heavy atom. The van der Waals surface area contributed by atoms with Crippen LogP contribution >= 0.6 is 0 Å². The Bertz CT molecular complexity index is 1070. The first-order valence-corrected chi connectivity index (χ1v) is 8.12. The lowest BCUT2D eigenvalue weighted by Gasteiger charge is -2.08. The van der Waals surface area contributed by atoms with Crippen LogP contribution in [0.25, 0.3) is 23.1 Å². The summed E-state index contributed by atoms with van der Waals surface area (Å²) < 4.78 is 18.7. The molecular formula is C18H19FN4O2. The molecule has 2 heterocycles. The fraction of sp³-hybridized carbons (Fsp3) is 0.278. The molecule has 0 aliphatic heterocycles. The molecular weight excluding hydrogens is 323 g/mol. The lowest BCUT2D eigenvalue weighted by Crippen LogP contribution is -2.39. The highest BCUT2D eigenvalue weighted by atomic mass is 19.1. The van der Waals surface area contributed by atoms with Gasteiger partial charge in [0.2, 0.25) is 0 Å². The first-order chi connectivity index (χ1) is 12.0. The fourth-order valence-corrected chi connectivity index (χ4v) is 2.90. The highest BCUT2D eigenvalue weighted by Gasteiger charge is 2.20. The molecule has 0 atom stereocenters. The summed E-state index contributed by atoms with van der Waals surface area (Å²) in [5, 5.41) is 0. The van der Waals surface area contributed by atoms with E-state index in [4.69, 9.17) is 0 Å². The summed E-state index contributed by atoms with van der Waals surface area (Å²) >= 11 is 0. The van der Waals surface area contributed by atoms with E-state index in [0.29, 0.717) is 12.1 Å². The number of fused-ring (bicyclic) bond motifs is 1. The molecule has 0 radical (unpaired) electrons. The zero-order chi connectivity index (χ0) is 18.1. The van der Waals surface area contributed by atoms with E-state index in [-0.39, 0.29) is 23.5 Å². The summed E-state index contributed by atoms with van der Waals surface area (Å²) in [4.78, 5) is 29.3. The van der Waals surface area contributed by atoms with Crippen molar-refractivity contribution in [2.75, 3.05) is 0 Å². The molecule has 130 valence electrons. The van der Waals surface area contributed by atoms with E-state index in [1.54, 1.807) is 33.0 Å². The summed E-state index contributed by atoms with van der Waals surface area (Å²) in [7, 11) is 1.58. The van der Waals surface area contributed by atoms with Crippen molar-refractivity contribution in [1.29, 1.82) is 0 Å². The van der Waals surface area contributed by atoms with Crippen LogP contribution in [0.1, 0.15) is 25.2 Å². The molecule has 0 amide bonds. The molecule has 0 N–H and O–H groups in total. The van der Waals surface area contributed by atoms with Crippen molar-refractivity contribution in [3.8, 4) is 0 Å². The van der Waals surface area contributed by atoms with Gasteiger partial charge in [-0.1, -0.05) is 30.3 Å². The van der Waals surface area contributed by atoms with Crippen molar-refractivity contribution in [2.24, 2.45) is 7.05 Å². The van der Waals surface area contributed by atoms with Crippen LogP contribution in [0.2, 0.25) is 0 Å². The average molecular weight is 342 g/mol. The van der Waals surface area contributed by atoms with Crippen molar-refractivity contribution in [3.63, 3.8) is 0 Å². The van der Waals surface area contributed by atoms with E-state index in [1.165, 1.54) is 15.2 Å². The standard InChI is InChI=1S/C18H19FN4O2/c1-4-22-16-14(17(24)23(5-2)18(22)25)21(3)15(20-16)13(19)11-12-9-7-6-8-10-12/h6-11H,4-5H2,1-3H3. The summed E-state index contributed by atoms with van der Waals surface area (Å²) in [5.41, 5.74) is 0.220. The van der Waals surface area contributed by atoms with Gasteiger partial charge in [0.25, 0.3) is 5.56 Å². The van der Waals surface area contributed by atoms with Crippen LogP contribution in [0, 0.1) is 0 Å². The van der Waals surface area contributed by atoms with Gasteiger partial charge in [0, 0.05) is 20.1 Å². The minimum absolute atomic E-state index is 0.0198. The highest BCUT2D eigenvalue weighted by molar-refractivity contribution is 5.80. The van der Waals surface area contributed by atoms with Gasteiger partial charge in [-0.3, -0.25) is 13.9 Å². The smallest absolute Gasteiger partial charge is 0.319 e. The molecule has 0 saturated heterocycles. The number of benzene rings is 1. The molecule has 7 heteroatoms. The van der Waals surface area contributed by atoms with Gasteiger partial charge in [0.15, 0.2) is 22.8 Å². The number of halogens is 1. The predicted molar refractivity (Wildman–Crippen MR) is 96.0 cm³/mol. The van der Waals surface area contributed by atoms with Gasteiger partial charge in [-0.2, -0.15) is 0 Å². The molecule has 0 bridgehead atoms. The molecule has 6 nitrogen and oxygen atoms in total. The normalized spacial score (nSPS) is 12.1. The first kappa shape index (κ1) is 16.9. The fourth-order valence-electron chi connectivity index (χ4n) is 2.90. The minimum atomic E-state index is -0.567. The van der Waals surface area contributed by atoms with E-state index in [1.807, 2.05) is 18.2 Å². The Hall–Kier alpha value is -2.96. The van der Waals surface area contributed by atoms with Crippen LogP contribution in [-0.4, -0.2) is 18.7 Å². The average Bonchev–Trinajstić information content (AvgIpc) is 2.94. The summed E-state index contributed by atoms with van der Waals surface area (Å²) in [6.45, 7) is 4.10. The van der Waals surface area contributed by atoms with Gasteiger partial charge in [-0.15, -0.1) is 0 Å². The van der Waals surface area contributed by atoms with Gasteiger partial charge in [0.1, 0.15) is 0 Å². The van der Waals surface area contributed by atoms with Gasteiger partial charge >= 0.3 is 5.69 Å². The van der Waals surface area contributed by atoms with E-state index in [0.717, 1.165) is 4.57 Å². The number of aryl methyl sites for hydroxylation is 2. The first-order valence-electron chi connectivity index (χ1n) is 8.12. The second-order valence-electron chi connectivity index (χ2n) is 5.65. The Morgan fingerprint density at radius 2 is 1.76 bits per heavy atom. The van der Waals surface area contributed by atoms with Crippen LogP contribution in [0.3, 0.4) is 0 Å². The van der Waals surface area contributed by atoms with Gasteiger partial charge in [-0.25, -0.2) is 14.2 Å². The Labute approximate surface area is 143 Å². The number of rotatable bonds is 4. The quantitative estimate of drug-likeness (QED) is 0.731. The number of aromatic nitrogens is 4. The van der Waals surface area contributed by atoms with Crippen molar-refractivity contribution < 1.29 is 4.39 Å². The van der Waals surface area contributed by atoms with E-state index in [9.17, 15) is 14.0 Å². The maximum absolute atomic E-state index is 14.8. The molecule has 0 unspecified atom stereocenters. The minimum Gasteiger partial charge on any atom is -0.319 e. The third kappa shape index (κ3) is 2.71. The predicted octanol–water partition coefficient (Wildman–Crippen LogP) is 2.40. The third-order valence-electron chi connectivity index (χ3n) is 4.18. The molecule has 3 rings (SSSR count).